The zero-order valence-corrected chi connectivity index (χ0v) is 13.8. The normalized spacial score (nSPS) is 11.7. The van der Waals surface area contributed by atoms with E-state index in [0.29, 0.717) is 0 Å². The van der Waals surface area contributed by atoms with Crippen LogP contribution in [0.2, 0.25) is 0 Å². The van der Waals surface area contributed by atoms with Crippen molar-refractivity contribution in [2.75, 3.05) is 19.0 Å². The van der Waals surface area contributed by atoms with Gasteiger partial charge < -0.3 is 9.47 Å². The highest BCUT2D eigenvalue weighted by molar-refractivity contribution is 6.18. The second-order valence-electron chi connectivity index (χ2n) is 6.14. The summed E-state index contributed by atoms with van der Waals surface area (Å²) in [6.07, 6.45) is 1.89. The summed E-state index contributed by atoms with van der Waals surface area (Å²) in [5.41, 5.74) is 5.01. The summed E-state index contributed by atoms with van der Waals surface area (Å²) in [6, 6.07) is 8.36. The van der Waals surface area contributed by atoms with Crippen molar-refractivity contribution in [3.05, 3.63) is 37.0 Å². The van der Waals surface area contributed by atoms with E-state index in [2.05, 4.69) is 40.0 Å². The Morgan fingerprint density at radius 2 is 1.91 bits per heavy atom. The van der Waals surface area contributed by atoms with Crippen molar-refractivity contribution in [1.29, 1.82) is 0 Å². The average molecular weight is 305 g/mol. The van der Waals surface area contributed by atoms with Gasteiger partial charge in [-0.25, -0.2) is 9.97 Å². The molecule has 0 N–H and O–H groups in total. The second kappa shape index (κ2) is 4.59. The highest BCUT2D eigenvalue weighted by atomic mass is 15.3. The van der Waals surface area contributed by atoms with Gasteiger partial charge in [-0.15, -0.1) is 0 Å². The maximum absolute atomic E-state index is 4.90. The third-order valence-electron chi connectivity index (χ3n) is 4.30. The first-order valence-corrected chi connectivity index (χ1v) is 7.58. The predicted octanol–water partition coefficient (Wildman–Crippen LogP) is 3.63. The molecule has 0 radical (unpaired) electrons. The minimum absolute atomic E-state index is 0.870. The molecule has 5 heteroatoms. The van der Waals surface area contributed by atoms with Crippen molar-refractivity contribution in [2.24, 2.45) is 7.05 Å². The highest BCUT2D eigenvalue weighted by Crippen LogP contribution is 2.34. The maximum atomic E-state index is 4.90. The molecule has 0 aliphatic rings. The quantitative estimate of drug-likeness (QED) is 0.567. The van der Waals surface area contributed by atoms with Crippen LogP contribution in [-0.2, 0) is 7.05 Å². The molecule has 23 heavy (non-hydrogen) atoms. The molecule has 0 aliphatic carbocycles. The van der Waals surface area contributed by atoms with Crippen molar-refractivity contribution >= 4 is 44.6 Å². The molecule has 0 bridgehead atoms. The number of pyridine rings is 1. The van der Waals surface area contributed by atoms with Gasteiger partial charge in [0.2, 0.25) is 5.95 Å². The van der Waals surface area contributed by atoms with E-state index in [9.17, 15) is 0 Å². The van der Waals surface area contributed by atoms with E-state index in [1.807, 2.05) is 39.2 Å². The van der Waals surface area contributed by atoms with Gasteiger partial charge in [0, 0.05) is 32.2 Å². The van der Waals surface area contributed by atoms with Crippen LogP contribution in [0.25, 0.3) is 38.7 Å². The molecule has 0 unspecified atom stereocenters. The number of anilines is 1. The lowest BCUT2D eigenvalue weighted by Gasteiger charge is -2.14. The van der Waals surface area contributed by atoms with Gasteiger partial charge in [0.05, 0.1) is 22.6 Å². The predicted molar refractivity (Wildman–Crippen MR) is 96.8 cm³/mol. The van der Waals surface area contributed by atoms with Gasteiger partial charge in [0.1, 0.15) is 11.2 Å². The van der Waals surface area contributed by atoms with Gasteiger partial charge in [-0.3, -0.25) is 4.57 Å². The smallest absolute Gasteiger partial charge is 0.210 e. The number of aromatic nitrogens is 4. The van der Waals surface area contributed by atoms with Gasteiger partial charge in [0.15, 0.2) is 0 Å². The van der Waals surface area contributed by atoms with Crippen LogP contribution < -0.4 is 4.90 Å². The molecule has 0 atom stereocenters. The molecule has 0 fully saturated rings. The Kier molecular flexibility index (Phi) is 2.75. The molecule has 0 amide bonds. The van der Waals surface area contributed by atoms with Gasteiger partial charge >= 0.3 is 0 Å². The first kappa shape index (κ1) is 13.8. The average Bonchev–Trinajstić information content (AvgIpc) is 3.04. The molecule has 0 saturated heterocycles. The molecule has 116 valence electrons. The number of allylic oxidation sites excluding steroid dienone is 1. The Hall–Kier alpha value is -2.82. The minimum atomic E-state index is 0.870. The standard InChI is InChI=1S/C18H19N5/c1-11(2)23-14-10-19-17-15(16(14)20-18(23)21(3)4)12-8-6-7-9-13(12)22(17)5/h6-10H,1H2,2-5H3. The van der Waals surface area contributed by atoms with Crippen LogP contribution in [0.4, 0.5) is 5.95 Å². The third kappa shape index (κ3) is 1.73. The largest absolute Gasteiger partial charge is 0.348 e. The van der Waals surface area contributed by atoms with E-state index in [1.165, 1.54) is 10.9 Å². The van der Waals surface area contributed by atoms with Crippen LogP contribution in [0.5, 0.6) is 0 Å². The summed E-state index contributed by atoms with van der Waals surface area (Å²) < 4.78 is 4.18. The van der Waals surface area contributed by atoms with E-state index < -0.39 is 0 Å². The van der Waals surface area contributed by atoms with Gasteiger partial charge in [-0.1, -0.05) is 24.8 Å². The van der Waals surface area contributed by atoms with Crippen LogP contribution in [0.15, 0.2) is 37.0 Å². The Labute approximate surface area is 134 Å². The Morgan fingerprint density at radius 3 is 2.61 bits per heavy atom. The molecule has 4 rings (SSSR count). The summed E-state index contributed by atoms with van der Waals surface area (Å²) in [5, 5.41) is 2.28. The summed E-state index contributed by atoms with van der Waals surface area (Å²) >= 11 is 0. The summed E-state index contributed by atoms with van der Waals surface area (Å²) in [7, 11) is 6.04. The van der Waals surface area contributed by atoms with E-state index >= 15 is 0 Å². The van der Waals surface area contributed by atoms with Crippen molar-refractivity contribution in [3.63, 3.8) is 0 Å². The molecular formula is C18H19N5. The molecule has 3 heterocycles. The van der Waals surface area contributed by atoms with Crippen LogP contribution in [0.1, 0.15) is 6.92 Å². The molecular weight excluding hydrogens is 286 g/mol. The third-order valence-corrected chi connectivity index (χ3v) is 4.30. The topological polar surface area (TPSA) is 38.9 Å². The Balaban J connectivity index is 2.28. The van der Waals surface area contributed by atoms with Crippen molar-refractivity contribution < 1.29 is 0 Å². The van der Waals surface area contributed by atoms with Crippen LogP contribution in [-0.4, -0.2) is 33.2 Å². The monoisotopic (exact) mass is 305 g/mol. The fourth-order valence-electron chi connectivity index (χ4n) is 3.29. The van der Waals surface area contributed by atoms with Gasteiger partial charge in [0.25, 0.3) is 0 Å². The molecule has 4 aromatic rings. The number of hydrogen-bond donors (Lipinski definition) is 0. The van der Waals surface area contributed by atoms with Crippen molar-refractivity contribution in [2.45, 2.75) is 6.92 Å². The zero-order chi connectivity index (χ0) is 16.3. The Bertz CT molecular complexity index is 1080. The van der Waals surface area contributed by atoms with E-state index in [1.54, 1.807) is 0 Å². The lowest BCUT2D eigenvalue weighted by molar-refractivity contribution is 0.977. The van der Waals surface area contributed by atoms with Gasteiger partial charge in [-0.05, 0) is 13.0 Å². The second-order valence-corrected chi connectivity index (χ2v) is 6.14. The first-order valence-electron chi connectivity index (χ1n) is 7.58. The number of hydrogen-bond acceptors (Lipinski definition) is 3. The summed E-state index contributed by atoms with van der Waals surface area (Å²) in [5.74, 6) is 0.870. The van der Waals surface area contributed by atoms with Gasteiger partial charge in [-0.2, -0.15) is 0 Å². The summed E-state index contributed by atoms with van der Waals surface area (Å²) in [4.78, 5) is 11.6. The number of fused-ring (bicyclic) bond motifs is 5. The zero-order valence-electron chi connectivity index (χ0n) is 13.8. The van der Waals surface area contributed by atoms with E-state index in [4.69, 9.17) is 9.97 Å². The Morgan fingerprint density at radius 1 is 1.17 bits per heavy atom. The molecule has 5 nitrogen and oxygen atoms in total. The lowest BCUT2D eigenvalue weighted by atomic mass is 10.2. The lowest BCUT2D eigenvalue weighted by Crippen LogP contribution is -2.14. The van der Waals surface area contributed by atoms with E-state index in [-0.39, 0.29) is 0 Å². The number of imidazole rings is 1. The minimum Gasteiger partial charge on any atom is -0.348 e. The number of nitrogens with zero attached hydrogens (tertiary/aromatic N) is 5. The molecule has 0 aliphatic heterocycles. The van der Waals surface area contributed by atoms with Crippen molar-refractivity contribution in [1.82, 2.24) is 19.1 Å². The molecule has 0 saturated carbocycles. The van der Waals surface area contributed by atoms with Crippen molar-refractivity contribution in [3.8, 4) is 0 Å². The molecule has 0 spiro atoms. The summed E-state index contributed by atoms with van der Waals surface area (Å²) in [6.45, 7) is 6.09. The van der Waals surface area contributed by atoms with Crippen LogP contribution >= 0.6 is 0 Å². The number of aryl methyl sites for hydroxylation is 1. The number of rotatable bonds is 2. The van der Waals surface area contributed by atoms with Crippen LogP contribution in [0.3, 0.4) is 0 Å². The number of para-hydroxylation sites is 1. The number of benzene rings is 1. The van der Waals surface area contributed by atoms with Crippen LogP contribution in [0, 0.1) is 0 Å². The molecule has 1 aromatic carbocycles. The maximum Gasteiger partial charge on any atom is 0.210 e. The fraction of sp³-hybridized carbons (Fsp3) is 0.222. The first-order chi connectivity index (χ1) is 11.0. The molecule has 3 aromatic heterocycles. The fourth-order valence-corrected chi connectivity index (χ4v) is 3.29. The highest BCUT2D eigenvalue weighted by Gasteiger charge is 2.19. The van der Waals surface area contributed by atoms with E-state index in [0.717, 1.165) is 33.7 Å². The SMILES string of the molecule is C=C(C)n1c(N(C)C)nc2c3c4ccccc4n(C)c3ncc21.